The monoisotopic (exact) mass is 375 g/mol. The van der Waals surface area contributed by atoms with Crippen LogP contribution < -0.4 is 0 Å². The molecule has 0 fully saturated rings. The highest BCUT2D eigenvalue weighted by atomic mass is 19.1. The lowest BCUT2D eigenvalue weighted by Gasteiger charge is -2.16. The normalized spacial score (nSPS) is 12.4. The molecule has 2 N–H and O–H groups in total. The first kappa shape index (κ1) is 18.3. The zero-order valence-electron chi connectivity index (χ0n) is 15.9. The SMILES string of the molecule is Cc1cccc2cc(C)n(Cc3ccc(O)c(C(O)c4ccc(F)cc4)c3)c12. The first-order valence-corrected chi connectivity index (χ1v) is 9.25. The zero-order chi connectivity index (χ0) is 19.8. The molecular formula is C24H22FNO2. The van der Waals surface area contributed by atoms with E-state index in [9.17, 15) is 14.6 Å². The summed E-state index contributed by atoms with van der Waals surface area (Å²) in [5.74, 6) is -0.343. The minimum atomic E-state index is -1.02. The van der Waals surface area contributed by atoms with Crippen LogP contribution in [-0.2, 0) is 6.54 Å². The van der Waals surface area contributed by atoms with Gasteiger partial charge in [0.05, 0.1) is 5.52 Å². The summed E-state index contributed by atoms with van der Waals surface area (Å²) in [4.78, 5) is 0. The fraction of sp³-hybridized carbons (Fsp3) is 0.167. The molecule has 0 radical (unpaired) electrons. The summed E-state index contributed by atoms with van der Waals surface area (Å²) < 4.78 is 15.4. The van der Waals surface area contributed by atoms with Gasteiger partial charge < -0.3 is 14.8 Å². The number of hydrogen-bond acceptors (Lipinski definition) is 2. The third-order valence-electron chi connectivity index (χ3n) is 5.24. The largest absolute Gasteiger partial charge is 0.508 e. The summed E-state index contributed by atoms with van der Waals surface area (Å²) in [6.07, 6.45) is -1.02. The number of aryl methyl sites for hydroxylation is 2. The van der Waals surface area contributed by atoms with Gasteiger partial charge in [-0.05, 0) is 60.9 Å². The standard InChI is InChI=1S/C24H22FNO2/c1-15-4-3-5-19-12-16(2)26(23(15)19)14-17-6-11-22(27)21(13-17)24(28)18-7-9-20(25)10-8-18/h3-13,24,27-28H,14H2,1-2H3. The van der Waals surface area contributed by atoms with E-state index in [1.165, 1.54) is 40.7 Å². The third-order valence-corrected chi connectivity index (χ3v) is 5.24. The van der Waals surface area contributed by atoms with Crippen molar-refractivity contribution in [1.82, 2.24) is 4.57 Å². The summed E-state index contributed by atoms with van der Waals surface area (Å²) in [6.45, 7) is 4.80. The van der Waals surface area contributed by atoms with Crippen LogP contribution in [0.25, 0.3) is 10.9 Å². The summed E-state index contributed by atoms with van der Waals surface area (Å²) in [5.41, 5.74) is 5.46. The van der Waals surface area contributed by atoms with E-state index < -0.39 is 6.10 Å². The average molecular weight is 375 g/mol. The predicted molar refractivity (Wildman–Crippen MR) is 109 cm³/mol. The summed E-state index contributed by atoms with van der Waals surface area (Å²) >= 11 is 0. The number of benzene rings is 3. The quantitative estimate of drug-likeness (QED) is 0.513. The summed E-state index contributed by atoms with van der Waals surface area (Å²) in [5, 5.41) is 22.2. The average Bonchev–Trinajstić information content (AvgIpc) is 3.00. The number of hydrogen-bond donors (Lipinski definition) is 2. The highest BCUT2D eigenvalue weighted by Crippen LogP contribution is 2.31. The van der Waals surface area contributed by atoms with Crippen LogP contribution in [0.5, 0.6) is 5.75 Å². The Labute approximate surface area is 163 Å². The van der Waals surface area contributed by atoms with Crippen molar-refractivity contribution in [3.05, 3.63) is 100 Å². The highest BCUT2D eigenvalue weighted by molar-refractivity contribution is 5.84. The second-order valence-corrected chi connectivity index (χ2v) is 7.23. The van der Waals surface area contributed by atoms with Gasteiger partial charge in [-0.15, -0.1) is 0 Å². The molecule has 0 aliphatic rings. The lowest BCUT2D eigenvalue weighted by atomic mass is 9.98. The van der Waals surface area contributed by atoms with Gasteiger partial charge in [0.15, 0.2) is 0 Å². The van der Waals surface area contributed by atoms with E-state index in [1.54, 1.807) is 6.07 Å². The zero-order valence-corrected chi connectivity index (χ0v) is 15.9. The minimum Gasteiger partial charge on any atom is -0.508 e. The maximum atomic E-state index is 13.2. The second kappa shape index (κ2) is 7.13. The molecule has 1 atom stereocenters. The first-order valence-electron chi connectivity index (χ1n) is 9.25. The number of halogens is 1. The molecule has 0 spiro atoms. The molecule has 0 aliphatic heterocycles. The van der Waals surface area contributed by atoms with Crippen molar-refractivity contribution in [2.75, 3.05) is 0 Å². The molecule has 3 aromatic carbocycles. The van der Waals surface area contributed by atoms with Crippen molar-refractivity contribution >= 4 is 10.9 Å². The molecule has 0 amide bonds. The van der Waals surface area contributed by atoms with Crippen LogP contribution in [-0.4, -0.2) is 14.8 Å². The van der Waals surface area contributed by atoms with E-state index in [-0.39, 0.29) is 11.6 Å². The lowest BCUT2D eigenvalue weighted by Crippen LogP contribution is -2.05. The summed E-state index contributed by atoms with van der Waals surface area (Å²) in [6, 6.07) is 19.4. The highest BCUT2D eigenvalue weighted by Gasteiger charge is 2.16. The van der Waals surface area contributed by atoms with Gasteiger partial charge >= 0.3 is 0 Å². The molecule has 28 heavy (non-hydrogen) atoms. The van der Waals surface area contributed by atoms with Gasteiger partial charge in [0.25, 0.3) is 0 Å². The number of fused-ring (bicyclic) bond motifs is 1. The number of rotatable bonds is 4. The molecule has 4 aromatic rings. The van der Waals surface area contributed by atoms with Crippen molar-refractivity contribution in [1.29, 1.82) is 0 Å². The van der Waals surface area contributed by atoms with Crippen LogP contribution in [0.3, 0.4) is 0 Å². The number of para-hydroxylation sites is 1. The second-order valence-electron chi connectivity index (χ2n) is 7.23. The molecule has 0 bridgehead atoms. The van der Waals surface area contributed by atoms with Gasteiger partial charge in [0, 0.05) is 23.2 Å². The molecule has 3 nitrogen and oxygen atoms in total. The Morgan fingerprint density at radius 1 is 0.964 bits per heavy atom. The van der Waals surface area contributed by atoms with Gasteiger partial charge in [0.1, 0.15) is 17.7 Å². The van der Waals surface area contributed by atoms with Gasteiger partial charge in [-0.1, -0.05) is 36.4 Å². The molecular weight excluding hydrogens is 353 g/mol. The molecule has 0 aliphatic carbocycles. The number of aromatic nitrogens is 1. The molecule has 4 heteroatoms. The van der Waals surface area contributed by atoms with E-state index in [0.717, 1.165) is 11.3 Å². The van der Waals surface area contributed by atoms with Crippen LogP contribution in [0, 0.1) is 19.7 Å². The minimum absolute atomic E-state index is 0.0193. The van der Waals surface area contributed by atoms with Crippen LogP contribution in [0.1, 0.15) is 34.1 Å². The van der Waals surface area contributed by atoms with Gasteiger partial charge in [-0.3, -0.25) is 0 Å². The van der Waals surface area contributed by atoms with Crippen LogP contribution >= 0.6 is 0 Å². The molecule has 1 unspecified atom stereocenters. The van der Waals surface area contributed by atoms with E-state index >= 15 is 0 Å². The Morgan fingerprint density at radius 3 is 2.46 bits per heavy atom. The van der Waals surface area contributed by atoms with E-state index in [2.05, 4.69) is 42.7 Å². The van der Waals surface area contributed by atoms with E-state index in [4.69, 9.17) is 0 Å². The number of aliphatic hydroxyl groups excluding tert-OH is 1. The number of phenols is 1. The van der Waals surface area contributed by atoms with Crippen molar-refractivity contribution in [3.8, 4) is 5.75 Å². The maximum absolute atomic E-state index is 13.2. The number of aliphatic hydroxyl groups is 1. The fourth-order valence-corrected chi connectivity index (χ4v) is 3.78. The van der Waals surface area contributed by atoms with Crippen molar-refractivity contribution in [2.24, 2.45) is 0 Å². The number of phenolic OH excluding ortho intramolecular Hbond substituents is 1. The third kappa shape index (κ3) is 3.27. The van der Waals surface area contributed by atoms with E-state index in [0.29, 0.717) is 17.7 Å². The number of aromatic hydroxyl groups is 1. The van der Waals surface area contributed by atoms with Crippen LogP contribution in [0.2, 0.25) is 0 Å². The van der Waals surface area contributed by atoms with Gasteiger partial charge in [0.2, 0.25) is 0 Å². The topological polar surface area (TPSA) is 45.4 Å². The molecule has 4 rings (SSSR count). The Morgan fingerprint density at radius 2 is 1.71 bits per heavy atom. The van der Waals surface area contributed by atoms with Crippen molar-refractivity contribution in [3.63, 3.8) is 0 Å². The van der Waals surface area contributed by atoms with Crippen molar-refractivity contribution < 1.29 is 14.6 Å². The smallest absolute Gasteiger partial charge is 0.123 e. The molecule has 142 valence electrons. The first-order chi connectivity index (χ1) is 13.4. The molecule has 0 saturated heterocycles. The molecule has 1 heterocycles. The Bertz CT molecular complexity index is 1150. The number of nitrogens with zero attached hydrogens (tertiary/aromatic N) is 1. The Hall–Kier alpha value is -3.11. The Balaban J connectivity index is 1.72. The molecule has 1 aromatic heterocycles. The summed E-state index contributed by atoms with van der Waals surface area (Å²) in [7, 11) is 0. The lowest BCUT2D eigenvalue weighted by molar-refractivity contribution is 0.215. The fourth-order valence-electron chi connectivity index (χ4n) is 3.78. The van der Waals surface area contributed by atoms with Crippen LogP contribution in [0.4, 0.5) is 4.39 Å². The van der Waals surface area contributed by atoms with Gasteiger partial charge in [-0.25, -0.2) is 4.39 Å². The van der Waals surface area contributed by atoms with E-state index in [1.807, 2.05) is 12.1 Å². The van der Waals surface area contributed by atoms with Gasteiger partial charge in [-0.2, -0.15) is 0 Å². The molecule has 0 saturated carbocycles. The van der Waals surface area contributed by atoms with Crippen molar-refractivity contribution in [2.45, 2.75) is 26.5 Å². The maximum Gasteiger partial charge on any atom is 0.123 e. The predicted octanol–water partition coefficient (Wildman–Crippen LogP) is 5.23. The van der Waals surface area contributed by atoms with Crippen LogP contribution in [0.15, 0.2) is 66.7 Å². The Kier molecular flexibility index (Phi) is 4.65.